The number of fused-ring (bicyclic) bond motifs is 1. The molecule has 0 aromatic carbocycles. The van der Waals surface area contributed by atoms with Crippen LogP contribution in [0.15, 0.2) is 12.4 Å². The maximum atomic E-state index is 16.0. The topological polar surface area (TPSA) is 116 Å². The second kappa shape index (κ2) is 11.3. The number of nitrogens with one attached hydrogen (secondary N) is 1. The highest BCUT2D eigenvalue weighted by molar-refractivity contribution is 6.10. The summed E-state index contributed by atoms with van der Waals surface area (Å²) < 4.78 is 28.4. The van der Waals surface area contributed by atoms with E-state index in [4.69, 9.17) is 9.47 Å². The summed E-state index contributed by atoms with van der Waals surface area (Å²) in [4.78, 5) is 44.1. The highest BCUT2D eigenvalue weighted by atomic mass is 19.1. The van der Waals surface area contributed by atoms with Gasteiger partial charge in [0, 0.05) is 30.4 Å². The molecule has 1 saturated carbocycles. The van der Waals surface area contributed by atoms with Crippen molar-refractivity contribution in [1.82, 2.24) is 19.7 Å². The summed E-state index contributed by atoms with van der Waals surface area (Å²) in [6.07, 6.45) is 6.05. The number of carbonyl (C=O) groups is 3. The number of carbonyl (C=O) groups excluding carboxylic acids is 3. The molecule has 0 bridgehead atoms. The third kappa shape index (κ3) is 6.57. The van der Waals surface area contributed by atoms with Crippen LogP contribution in [0.4, 0.5) is 15.0 Å². The summed E-state index contributed by atoms with van der Waals surface area (Å²) in [5.41, 5.74) is 0.288. The van der Waals surface area contributed by atoms with Crippen LogP contribution in [0.3, 0.4) is 0 Å². The maximum absolute atomic E-state index is 16.0. The van der Waals surface area contributed by atoms with Crippen molar-refractivity contribution in [3.63, 3.8) is 0 Å². The number of aromatic nitrogens is 3. The van der Waals surface area contributed by atoms with Crippen LogP contribution in [0.5, 0.6) is 0 Å². The molecule has 1 aliphatic carbocycles. The number of nitrogens with zero attached hydrogens (tertiary/aromatic N) is 4. The van der Waals surface area contributed by atoms with Gasteiger partial charge in [-0.25, -0.2) is 19.1 Å². The van der Waals surface area contributed by atoms with Crippen LogP contribution in [0.1, 0.15) is 82.6 Å². The van der Waals surface area contributed by atoms with E-state index in [2.05, 4.69) is 15.4 Å². The van der Waals surface area contributed by atoms with Crippen LogP contribution in [-0.4, -0.2) is 55.9 Å². The second-order valence-electron chi connectivity index (χ2n) is 11.8. The van der Waals surface area contributed by atoms with E-state index in [1.54, 1.807) is 24.1 Å². The molecule has 2 aliphatic rings. The van der Waals surface area contributed by atoms with Crippen LogP contribution in [0.25, 0.3) is 11.3 Å². The lowest BCUT2D eigenvalue weighted by Gasteiger charge is -2.33. The summed E-state index contributed by atoms with van der Waals surface area (Å²) in [7, 11) is 1.73. The van der Waals surface area contributed by atoms with Crippen molar-refractivity contribution in [2.45, 2.75) is 84.9 Å². The third-order valence-corrected chi connectivity index (χ3v) is 6.83. The van der Waals surface area contributed by atoms with Gasteiger partial charge in [-0.1, -0.05) is 26.7 Å². The fourth-order valence-electron chi connectivity index (χ4n) is 5.08. The minimum absolute atomic E-state index is 0.0149. The van der Waals surface area contributed by atoms with Gasteiger partial charge >= 0.3 is 12.1 Å². The lowest BCUT2D eigenvalue weighted by atomic mass is 9.82. The predicted molar refractivity (Wildman–Crippen MR) is 142 cm³/mol. The van der Waals surface area contributed by atoms with Crippen molar-refractivity contribution in [2.75, 3.05) is 11.9 Å². The van der Waals surface area contributed by atoms with Gasteiger partial charge in [0.15, 0.2) is 11.6 Å². The SMILES string of the molecule is CC(C)COC(=O)N1Cc2c(F)c(N[C@@H]3CCCC[C@@H]3CC(=O)OC(C)(C)C)nc(-c3cnn(C)c3)c2C1=O. The van der Waals surface area contributed by atoms with E-state index in [0.29, 0.717) is 5.56 Å². The molecule has 1 fully saturated rings. The Balaban J connectivity index is 1.66. The first-order chi connectivity index (χ1) is 18.3. The van der Waals surface area contributed by atoms with Crippen LogP contribution in [-0.2, 0) is 27.9 Å². The highest BCUT2D eigenvalue weighted by Gasteiger charge is 2.40. The Bertz CT molecular complexity index is 1250. The van der Waals surface area contributed by atoms with E-state index >= 15 is 4.39 Å². The Kier molecular flexibility index (Phi) is 8.27. The number of rotatable bonds is 7. The predicted octanol–water partition coefficient (Wildman–Crippen LogP) is 5.07. The number of pyridine rings is 1. The Morgan fingerprint density at radius 3 is 2.59 bits per heavy atom. The number of halogens is 1. The monoisotopic (exact) mass is 543 g/mol. The van der Waals surface area contributed by atoms with Crippen molar-refractivity contribution in [2.24, 2.45) is 18.9 Å². The van der Waals surface area contributed by atoms with E-state index in [1.165, 1.54) is 0 Å². The molecule has 2 aromatic rings. The van der Waals surface area contributed by atoms with Gasteiger partial charge in [-0.3, -0.25) is 14.3 Å². The summed E-state index contributed by atoms with van der Waals surface area (Å²) in [6.45, 7) is 9.14. The maximum Gasteiger partial charge on any atom is 0.417 e. The van der Waals surface area contributed by atoms with Crippen LogP contribution in [0.2, 0.25) is 0 Å². The van der Waals surface area contributed by atoms with Crippen molar-refractivity contribution in [3.8, 4) is 11.3 Å². The van der Waals surface area contributed by atoms with Gasteiger partial charge in [-0.2, -0.15) is 5.10 Å². The van der Waals surface area contributed by atoms with Gasteiger partial charge in [0.2, 0.25) is 0 Å². The van der Waals surface area contributed by atoms with E-state index in [1.807, 2.05) is 34.6 Å². The fourth-order valence-corrected chi connectivity index (χ4v) is 5.08. The molecule has 11 heteroatoms. The highest BCUT2D eigenvalue weighted by Crippen LogP contribution is 2.38. The van der Waals surface area contributed by atoms with Gasteiger partial charge < -0.3 is 14.8 Å². The molecule has 0 spiro atoms. The first-order valence-electron chi connectivity index (χ1n) is 13.5. The van der Waals surface area contributed by atoms with Crippen LogP contribution >= 0.6 is 0 Å². The normalized spacial score (nSPS) is 19.3. The molecular weight excluding hydrogens is 505 g/mol. The van der Waals surface area contributed by atoms with Crippen LogP contribution < -0.4 is 5.32 Å². The van der Waals surface area contributed by atoms with Gasteiger partial charge in [0.05, 0.1) is 37.0 Å². The summed E-state index contributed by atoms with van der Waals surface area (Å²) in [5.74, 6) is -1.63. The van der Waals surface area contributed by atoms with Gasteiger partial charge in [0.1, 0.15) is 5.60 Å². The zero-order valence-electron chi connectivity index (χ0n) is 23.5. The molecule has 39 heavy (non-hydrogen) atoms. The van der Waals surface area contributed by atoms with Crippen molar-refractivity contribution < 1.29 is 28.2 Å². The Labute approximate surface area is 228 Å². The molecule has 0 radical (unpaired) electrons. The second-order valence-corrected chi connectivity index (χ2v) is 11.8. The summed E-state index contributed by atoms with van der Waals surface area (Å²) in [5, 5.41) is 7.43. The molecule has 2 atom stereocenters. The molecule has 2 aromatic heterocycles. The molecule has 1 aliphatic heterocycles. The Hall–Kier alpha value is -3.50. The van der Waals surface area contributed by atoms with Gasteiger partial charge in [-0.05, 0) is 45.4 Å². The summed E-state index contributed by atoms with van der Waals surface area (Å²) in [6, 6.07) is -0.211. The number of anilines is 1. The number of amides is 2. The first-order valence-corrected chi connectivity index (χ1v) is 13.5. The molecule has 0 unspecified atom stereocenters. The van der Waals surface area contributed by atoms with Gasteiger partial charge in [-0.15, -0.1) is 0 Å². The largest absolute Gasteiger partial charge is 0.460 e. The lowest BCUT2D eigenvalue weighted by Crippen LogP contribution is -2.36. The Morgan fingerprint density at radius 2 is 1.95 bits per heavy atom. The first kappa shape index (κ1) is 28.5. The molecule has 1 N–H and O–H groups in total. The number of ether oxygens (including phenoxy) is 2. The zero-order chi connectivity index (χ0) is 28.5. The number of hydrogen-bond donors (Lipinski definition) is 1. The molecule has 2 amide bonds. The molecule has 3 heterocycles. The van der Waals surface area contributed by atoms with E-state index in [9.17, 15) is 14.4 Å². The quantitative estimate of drug-likeness (QED) is 0.481. The zero-order valence-corrected chi connectivity index (χ0v) is 23.5. The standard InChI is InChI=1S/C28H38FN5O5/c1-16(2)15-38-27(37)34-14-19-22(26(34)36)24(18-12-30-33(6)13-18)32-25(23(19)29)31-20-10-8-7-9-17(20)11-21(35)39-28(3,4)5/h12-13,16-17,20H,7-11,14-15H2,1-6H3,(H,31,32)/t17-,20-/m1/s1. The Morgan fingerprint density at radius 1 is 1.23 bits per heavy atom. The van der Waals surface area contributed by atoms with E-state index in [-0.39, 0.29) is 66.1 Å². The average Bonchev–Trinajstić information content (AvgIpc) is 3.43. The van der Waals surface area contributed by atoms with E-state index in [0.717, 1.165) is 30.6 Å². The number of aryl methyl sites for hydroxylation is 1. The number of hydrogen-bond acceptors (Lipinski definition) is 8. The smallest absolute Gasteiger partial charge is 0.417 e. The number of esters is 1. The van der Waals surface area contributed by atoms with Crippen molar-refractivity contribution >= 4 is 23.8 Å². The lowest BCUT2D eigenvalue weighted by molar-refractivity contribution is -0.156. The van der Waals surface area contributed by atoms with Gasteiger partial charge in [0.25, 0.3) is 5.91 Å². The molecule has 4 rings (SSSR count). The van der Waals surface area contributed by atoms with Crippen molar-refractivity contribution in [1.29, 1.82) is 0 Å². The summed E-state index contributed by atoms with van der Waals surface area (Å²) >= 11 is 0. The molecule has 0 saturated heterocycles. The fraction of sp³-hybridized carbons (Fsp3) is 0.607. The van der Waals surface area contributed by atoms with E-state index < -0.39 is 23.4 Å². The minimum atomic E-state index is -0.819. The minimum Gasteiger partial charge on any atom is -0.460 e. The van der Waals surface area contributed by atoms with Crippen molar-refractivity contribution in [3.05, 3.63) is 29.3 Å². The molecule has 10 nitrogen and oxygen atoms in total. The average molecular weight is 544 g/mol. The number of imide groups is 1. The third-order valence-electron chi connectivity index (χ3n) is 6.83. The molecule has 212 valence electrons. The van der Waals surface area contributed by atoms with Crippen LogP contribution in [0, 0.1) is 17.7 Å². The molecular formula is C28H38FN5O5.